The van der Waals surface area contributed by atoms with Gasteiger partial charge in [0.05, 0.1) is 12.7 Å². The third kappa shape index (κ3) is 3.83. The summed E-state index contributed by atoms with van der Waals surface area (Å²) in [5.74, 6) is -0.371. The summed E-state index contributed by atoms with van der Waals surface area (Å²) in [4.78, 5) is 24.3. The average molecular weight is 349 g/mol. The molecule has 0 spiro atoms. The first kappa shape index (κ1) is 17.5. The zero-order chi connectivity index (χ0) is 18.5. The van der Waals surface area contributed by atoms with Crippen molar-refractivity contribution < 1.29 is 19.1 Å². The number of anilines is 1. The molecule has 1 amide bonds. The molecular weight excluding hydrogens is 330 g/mol. The van der Waals surface area contributed by atoms with Gasteiger partial charge in [0, 0.05) is 11.1 Å². The van der Waals surface area contributed by atoms with Gasteiger partial charge in [0.25, 0.3) is 5.91 Å². The summed E-state index contributed by atoms with van der Waals surface area (Å²) in [6.07, 6.45) is 0. The van der Waals surface area contributed by atoms with Crippen LogP contribution < -0.4 is 10.1 Å². The third-order valence-corrected chi connectivity index (χ3v) is 4.04. The molecule has 0 bridgehead atoms. The van der Waals surface area contributed by atoms with Crippen LogP contribution >= 0.6 is 0 Å². The summed E-state index contributed by atoms with van der Waals surface area (Å²) in [6.45, 7) is 1.52. The Morgan fingerprint density at radius 1 is 1.00 bits per heavy atom. The van der Waals surface area contributed by atoms with Crippen molar-refractivity contribution in [2.45, 2.75) is 6.92 Å². The van der Waals surface area contributed by atoms with Crippen molar-refractivity contribution >= 4 is 28.3 Å². The number of aryl methyl sites for hydroxylation is 1. The number of carbonyl (C=O) groups excluding carboxylic acids is 2. The van der Waals surface area contributed by atoms with Crippen LogP contribution in [0.3, 0.4) is 0 Å². The van der Waals surface area contributed by atoms with Crippen molar-refractivity contribution in [2.75, 3.05) is 19.0 Å². The molecule has 1 N–H and O–H groups in total. The molecule has 5 heteroatoms. The Morgan fingerprint density at radius 3 is 2.58 bits per heavy atom. The van der Waals surface area contributed by atoms with Gasteiger partial charge in [-0.2, -0.15) is 0 Å². The number of benzene rings is 3. The molecular formula is C21H19NO4. The van der Waals surface area contributed by atoms with Crippen molar-refractivity contribution in [1.82, 2.24) is 0 Å². The molecule has 0 aliphatic rings. The fourth-order valence-electron chi connectivity index (χ4n) is 2.68. The van der Waals surface area contributed by atoms with Gasteiger partial charge in [-0.3, -0.25) is 4.79 Å². The lowest BCUT2D eigenvalue weighted by molar-refractivity contribution is -0.119. The minimum absolute atomic E-state index is 0.338. The van der Waals surface area contributed by atoms with Crippen molar-refractivity contribution in [2.24, 2.45) is 0 Å². The van der Waals surface area contributed by atoms with Gasteiger partial charge in [0.2, 0.25) is 0 Å². The van der Waals surface area contributed by atoms with Crippen LogP contribution in [0.2, 0.25) is 0 Å². The molecule has 0 saturated heterocycles. The summed E-state index contributed by atoms with van der Waals surface area (Å²) in [6, 6.07) is 18.4. The van der Waals surface area contributed by atoms with Crippen molar-refractivity contribution in [3.05, 3.63) is 71.8 Å². The van der Waals surface area contributed by atoms with E-state index >= 15 is 0 Å². The molecule has 26 heavy (non-hydrogen) atoms. The topological polar surface area (TPSA) is 64.6 Å². The molecule has 3 aromatic carbocycles. The van der Waals surface area contributed by atoms with E-state index in [2.05, 4.69) is 5.32 Å². The van der Waals surface area contributed by atoms with Gasteiger partial charge in [0.1, 0.15) is 5.75 Å². The average Bonchev–Trinajstić information content (AvgIpc) is 2.67. The lowest BCUT2D eigenvalue weighted by Gasteiger charge is -2.10. The summed E-state index contributed by atoms with van der Waals surface area (Å²) in [5.41, 5.74) is 1.93. The first-order chi connectivity index (χ1) is 12.6. The molecule has 0 heterocycles. The van der Waals surface area contributed by atoms with E-state index in [1.54, 1.807) is 18.2 Å². The molecule has 0 aliphatic carbocycles. The highest BCUT2D eigenvalue weighted by Gasteiger charge is 2.13. The van der Waals surface area contributed by atoms with E-state index in [-0.39, 0.29) is 6.61 Å². The second kappa shape index (κ2) is 7.70. The van der Waals surface area contributed by atoms with Crippen LogP contribution in [0, 0.1) is 6.92 Å². The Balaban J connectivity index is 1.64. The Hall–Kier alpha value is -3.34. The standard InChI is InChI=1S/C21H19NO4/c1-14-10-11-16(12-19(14)25-2)21(24)26-13-20(23)22-18-9-5-7-15-6-3-4-8-17(15)18/h3-12H,13H2,1-2H3,(H,22,23). The highest BCUT2D eigenvalue weighted by Crippen LogP contribution is 2.23. The second-order valence-corrected chi connectivity index (χ2v) is 5.84. The summed E-state index contributed by atoms with van der Waals surface area (Å²) < 4.78 is 10.3. The lowest BCUT2D eigenvalue weighted by Crippen LogP contribution is -2.21. The Morgan fingerprint density at radius 2 is 1.77 bits per heavy atom. The predicted octanol–water partition coefficient (Wildman–Crippen LogP) is 3.95. The van der Waals surface area contributed by atoms with E-state index in [0.717, 1.165) is 16.3 Å². The summed E-state index contributed by atoms with van der Waals surface area (Å²) >= 11 is 0. The number of fused-ring (bicyclic) bond motifs is 1. The minimum Gasteiger partial charge on any atom is -0.496 e. The van der Waals surface area contributed by atoms with Gasteiger partial charge in [0.15, 0.2) is 6.61 Å². The molecule has 0 atom stereocenters. The molecule has 132 valence electrons. The number of esters is 1. The Kier molecular flexibility index (Phi) is 5.17. The van der Waals surface area contributed by atoms with E-state index < -0.39 is 11.9 Å². The van der Waals surface area contributed by atoms with Crippen LogP contribution in [0.5, 0.6) is 5.75 Å². The number of carbonyl (C=O) groups is 2. The number of hydrogen-bond acceptors (Lipinski definition) is 4. The van der Waals surface area contributed by atoms with E-state index in [4.69, 9.17) is 9.47 Å². The van der Waals surface area contributed by atoms with Gasteiger partial charge in [-0.15, -0.1) is 0 Å². The highest BCUT2D eigenvalue weighted by molar-refractivity contribution is 6.03. The molecule has 0 radical (unpaired) electrons. The van der Waals surface area contributed by atoms with Crippen LogP contribution in [-0.2, 0) is 9.53 Å². The molecule has 0 fully saturated rings. The minimum atomic E-state index is -0.573. The first-order valence-electron chi connectivity index (χ1n) is 8.18. The fourth-order valence-corrected chi connectivity index (χ4v) is 2.68. The SMILES string of the molecule is COc1cc(C(=O)OCC(=O)Nc2cccc3ccccc23)ccc1C. The smallest absolute Gasteiger partial charge is 0.338 e. The maximum absolute atomic E-state index is 12.2. The van der Waals surface area contributed by atoms with Crippen molar-refractivity contribution in [3.63, 3.8) is 0 Å². The van der Waals surface area contributed by atoms with Crippen LogP contribution in [0.4, 0.5) is 5.69 Å². The number of hydrogen-bond donors (Lipinski definition) is 1. The van der Waals surface area contributed by atoms with Gasteiger partial charge < -0.3 is 14.8 Å². The molecule has 0 aromatic heterocycles. The maximum Gasteiger partial charge on any atom is 0.338 e. The summed E-state index contributed by atoms with van der Waals surface area (Å²) in [5, 5.41) is 4.73. The Bertz CT molecular complexity index is 960. The van der Waals surface area contributed by atoms with Crippen molar-refractivity contribution in [1.29, 1.82) is 0 Å². The quantitative estimate of drug-likeness (QED) is 0.708. The van der Waals surface area contributed by atoms with Crippen LogP contribution in [0.1, 0.15) is 15.9 Å². The lowest BCUT2D eigenvalue weighted by atomic mass is 10.1. The van der Waals surface area contributed by atoms with E-state index in [1.807, 2.05) is 49.4 Å². The third-order valence-electron chi connectivity index (χ3n) is 4.04. The molecule has 3 aromatic rings. The molecule has 0 aliphatic heterocycles. The molecule has 3 rings (SSSR count). The zero-order valence-electron chi connectivity index (χ0n) is 14.6. The van der Waals surface area contributed by atoms with E-state index in [1.165, 1.54) is 7.11 Å². The van der Waals surface area contributed by atoms with E-state index in [0.29, 0.717) is 17.0 Å². The van der Waals surface area contributed by atoms with Crippen LogP contribution in [-0.4, -0.2) is 25.6 Å². The highest BCUT2D eigenvalue weighted by atomic mass is 16.5. The number of ether oxygens (including phenoxy) is 2. The van der Waals surface area contributed by atoms with Gasteiger partial charge in [-0.05, 0) is 36.1 Å². The normalized spacial score (nSPS) is 10.4. The number of rotatable bonds is 5. The second-order valence-electron chi connectivity index (χ2n) is 5.84. The monoisotopic (exact) mass is 349 g/mol. The number of nitrogens with one attached hydrogen (secondary N) is 1. The van der Waals surface area contributed by atoms with Gasteiger partial charge in [-0.25, -0.2) is 4.79 Å². The number of methoxy groups -OCH3 is 1. The van der Waals surface area contributed by atoms with Crippen LogP contribution in [0.25, 0.3) is 10.8 Å². The maximum atomic E-state index is 12.2. The zero-order valence-corrected chi connectivity index (χ0v) is 14.6. The van der Waals surface area contributed by atoms with Crippen LogP contribution in [0.15, 0.2) is 60.7 Å². The van der Waals surface area contributed by atoms with Crippen molar-refractivity contribution in [3.8, 4) is 5.75 Å². The Labute approximate surface area is 151 Å². The summed E-state index contributed by atoms with van der Waals surface area (Å²) in [7, 11) is 1.54. The van der Waals surface area contributed by atoms with Gasteiger partial charge >= 0.3 is 5.97 Å². The first-order valence-corrected chi connectivity index (χ1v) is 8.18. The van der Waals surface area contributed by atoms with E-state index in [9.17, 15) is 9.59 Å². The van der Waals surface area contributed by atoms with Gasteiger partial charge in [-0.1, -0.05) is 42.5 Å². The number of amides is 1. The molecule has 0 saturated carbocycles. The molecule has 0 unspecified atom stereocenters. The largest absolute Gasteiger partial charge is 0.496 e. The predicted molar refractivity (Wildman–Crippen MR) is 101 cm³/mol. The molecule has 5 nitrogen and oxygen atoms in total. The fraction of sp³-hybridized carbons (Fsp3) is 0.143.